The van der Waals surface area contributed by atoms with E-state index in [1.54, 1.807) is 19.1 Å². The Bertz CT molecular complexity index is 727. The SMILES string of the molecule is Cc1cc(-c2oc(-c3cccs3)nc2C(=O)O)on1. The van der Waals surface area contributed by atoms with Crippen molar-refractivity contribution in [3.8, 4) is 22.3 Å². The molecule has 0 aliphatic carbocycles. The van der Waals surface area contributed by atoms with Crippen LogP contribution >= 0.6 is 11.3 Å². The Morgan fingerprint density at radius 3 is 2.89 bits per heavy atom. The minimum atomic E-state index is -1.17. The van der Waals surface area contributed by atoms with E-state index < -0.39 is 5.97 Å². The second-order valence-electron chi connectivity index (χ2n) is 3.81. The van der Waals surface area contributed by atoms with Crippen LogP contribution in [-0.2, 0) is 0 Å². The Kier molecular flexibility index (Phi) is 2.68. The first-order chi connectivity index (χ1) is 9.15. The van der Waals surface area contributed by atoms with E-state index >= 15 is 0 Å². The summed E-state index contributed by atoms with van der Waals surface area (Å²) in [6, 6.07) is 5.24. The maximum atomic E-state index is 11.2. The Hall–Kier alpha value is -2.41. The van der Waals surface area contributed by atoms with Gasteiger partial charge >= 0.3 is 5.97 Å². The van der Waals surface area contributed by atoms with E-state index in [1.165, 1.54) is 11.3 Å². The van der Waals surface area contributed by atoms with Crippen molar-refractivity contribution in [2.24, 2.45) is 0 Å². The van der Waals surface area contributed by atoms with Gasteiger partial charge in [-0.3, -0.25) is 0 Å². The normalized spacial score (nSPS) is 10.8. The van der Waals surface area contributed by atoms with Crippen molar-refractivity contribution in [2.45, 2.75) is 6.92 Å². The van der Waals surface area contributed by atoms with Crippen molar-refractivity contribution < 1.29 is 18.8 Å². The molecule has 0 fully saturated rings. The van der Waals surface area contributed by atoms with Crippen molar-refractivity contribution in [1.29, 1.82) is 0 Å². The van der Waals surface area contributed by atoms with Gasteiger partial charge in [0, 0.05) is 6.07 Å². The van der Waals surface area contributed by atoms with Gasteiger partial charge in [0.25, 0.3) is 0 Å². The predicted molar refractivity (Wildman–Crippen MR) is 67.0 cm³/mol. The molecule has 7 heteroatoms. The number of carbonyl (C=O) groups is 1. The first kappa shape index (κ1) is 11.7. The topological polar surface area (TPSA) is 89.4 Å². The van der Waals surface area contributed by atoms with Gasteiger partial charge in [-0.15, -0.1) is 11.3 Å². The molecule has 19 heavy (non-hydrogen) atoms. The highest BCUT2D eigenvalue weighted by atomic mass is 32.1. The molecule has 0 aliphatic heterocycles. The van der Waals surface area contributed by atoms with Crippen molar-refractivity contribution in [3.63, 3.8) is 0 Å². The molecule has 0 aromatic carbocycles. The van der Waals surface area contributed by atoms with Gasteiger partial charge in [-0.2, -0.15) is 0 Å². The lowest BCUT2D eigenvalue weighted by atomic mass is 10.2. The van der Waals surface area contributed by atoms with Crippen LogP contribution in [0, 0.1) is 6.92 Å². The second kappa shape index (κ2) is 4.36. The van der Waals surface area contributed by atoms with Crippen LogP contribution in [0.25, 0.3) is 22.3 Å². The van der Waals surface area contributed by atoms with E-state index in [2.05, 4.69) is 10.1 Å². The molecule has 3 aromatic rings. The van der Waals surface area contributed by atoms with Gasteiger partial charge in [0.1, 0.15) is 0 Å². The van der Waals surface area contributed by atoms with Crippen LogP contribution in [0.3, 0.4) is 0 Å². The maximum Gasteiger partial charge on any atom is 0.358 e. The molecule has 0 saturated carbocycles. The van der Waals surface area contributed by atoms with Gasteiger partial charge in [-0.05, 0) is 18.4 Å². The summed E-state index contributed by atoms with van der Waals surface area (Å²) in [6.07, 6.45) is 0. The fourth-order valence-corrected chi connectivity index (χ4v) is 2.26. The number of oxazole rings is 1. The highest BCUT2D eigenvalue weighted by Gasteiger charge is 2.24. The number of aromatic carboxylic acids is 1. The van der Waals surface area contributed by atoms with Crippen LogP contribution in [0.2, 0.25) is 0 Å². The summed E-state index contributed by atoms with van der Waals surface area (Å²) >= 11 is 1.41. The van der Waals surface area contributed by atoms with Crippen LogP contribution in [-0.4, -0.2) is 21.2 Å². The molecule has 1 N–H and O–H groups in total. The molecule has 0 aliphatic rings. The highest BCUT2D eigenvalue weighted by Crippen LogP contribution is 2.32. The van der Waals surface area contributed by atoms with E-state index in [9.17, 15) is 4.79 Å². The van der Waals surface area contributed by atoms with Gasteiger partial charge in [-0.1, -0.05) is 11.2 Å². The molecule has 96 valence electrons. The number of hydrogen-bond acceptors (Lipinski definition) is 6. The van der Waals surface area contributed by atoms with Crippen molar-refractivity contribution >= 4 is 17.3 Å². The van der Waals surface area contributed by atoms with Gasteiger partial charge < -0.3 is 14.0 Å². The average Bonchev–Trinajstić information content (AvgIpc) is 3.07. The molecule has 0 amide bonds. The molecular weight excluding hydrogens is 268 g/mol. The number of carboxylic acid groups (broad SMARTS) is 1. The fraction of sp³-hybridized carbons (Fsp3) is 0.0833. The lowest BCUT2D eigenvalue weighted by Gasteiger charge is -1.89. The zero-order valence-electron chi connectivity index (χ0n) is 9.78. The van der Waals surface area contributed by atoms with E-state index in [1.807, 2.05) is 11.4 Å². The molecule has 0 radical (unpaired) electrons. The lowest BCUT2D eigenvalue weighted by molar-refractivity contribution is 0.0691. The van der Waals surface area contributed by atoms with Gasteiger partial charge in [0.05, 0.1) is 10.6 Å². The third-order valence-corrected chi connectivity index (χ3v) is 3.27. The first-order valence-electron chi connectivity index (χ1n) is 5.37. The predicted octanol–water partition coefficient (Wildman–Crippen LogP) is 3.06. The molecule has 3 aromatic heterocycles. The largest absolute Gasteiger partial charge is 0.476 e. The number of hydrogen-bond donors (Lipinski definition) is 1. The Balaban J connectivity index is 2.15. The van der Waals surface area contributed by atoms with E-state index in [0.29, 0.717) is 5.69 Å². The fourth-order valence-electron chi connectivity index (χ4n) is 1.61. The maximum absolute atomic E-state index is 11.2. The second-order valence-corrected chi connectivity index (χ2v) is 4.76. The molecule has 0 saturated heterocycles. The van der Waals surface area contributed by atoms with E-state index in [-0.39, 0.29) is 23.1 Å². The summed E-state index contributed by atoms with van der Waals surface area (Å²) in [5.41, 5.74) is 0.458. The summed E-state index contributed by atoms with van der Waals surface area (Å²) in [5, 5.41) is 14.7. The minimum absolute atomic E-state index is 0.0801. The molecule has 3 rings (SSSR count). The van der Waals surface area contributed by atoms with Crippen LogP contribution in [0.1, 0.15) is 16.2 Å². The number of aromatic nitrogens is 2. The van der Waals surface area contributed by atoms with E-state index in [0.717, 1.165) is 4.88 Å². The van der Waals surface area contributed by atoms with Gasteiger partial charge in [0.2, 0.25) is 17.4 Å². The number of rotatable bonds is 3. The summed E-state index contributed by atoms with van der Waals surface area (Å²) in [4.78, 5) is 16.0. The lowest BCUT2D eigenvalue weighted by Crippen LogP contribution is -1.98. The minimum Gasteiger partial charge on any atom is -0.476 e. The zero-order valence-corrected chi connectivity index (χ0v) is 10.6. The monoisotopic (exact) mass is 276 g/mol. The molecule has 0 unspecified atom stereocenters. The molecule has 0 bridgehead atoms. The third-order valence-electron chi connectivity index (χ3n) is 2.41. The average molecular weight is 276 g/mol. The Labute approximate surface area is 111 Å². The number of thiophene rings is 1. The summed E-state index contributed by atoms with van der Waals surface area (Å²) in [5.74, 6) is -0.575. The van der Waals surface area contributed by atoms with E-state index in [4.69, 9.17) is 14.0 Å². The molecule has 3 heterocycles. The van der Waals surface area contributed by atoms with Crippen LogP contribution < -0.4 is 0 Å². The highest BCUT2D eigenvalue weighted by molar-refractivity contribution is 7.13. The quantitative estimate of drug-likeness (QED) is 0.790. The number of carboxylic acids is 1. The van der Waals surface area contributed by atoms with Crippen molar-refractivity contribution in [1.82, 2.24) is 10.1 Å². The van der Waals surface area contributed by atoms with Crippen LogP contribution in [0.5, 0.6) is 0 Å². The summed E-state index contributed by atoms with van der Waals surface area (Å²) in [6.45, 7) is 1.74. The van der Waals surface area contributed by atoms with Crippen LogP contribution in [0.4, 0.5) is 0 Å². The van der Waals surface area contributed by atoms with Crippen molar-refractivity contribution in [2.75, 3.05) is 0 Å². The third kappa shape index (κ3) is 2.04. The Morgan fingerprint density at radius 2 is 2.32 bits per heavy atom. The smallest absolute Gasteiger partial charge is 0.358 e. The number of nitrogens with zero attached hydrogens (tertiary/aromatic N) is 2. The molecule has 6 nitrogen and oxygen atoms in total. The van der Waals surface area contributed by atoms with Gasteiger partial charge in [0.15, 0.2) is 5.69 Å². The zero-order chi connectivity index (χ0) is 13.4. The van der Waals surface area contributed by atoms with Gasteiger partial charge in [-0.25, -0.2) is 9.78 Å². The molecule has 0 atom stereocenters. The summed E-state index contributed by atoms with van der Waals surface area (Å²) < 4.78 is 10.5. The van der Waals surface area contributed by atoms with Crippen molar-refractivity contribution in [3.05, 3.63) is 35.0 Å². The first-order valence-corrected chi connectivity index (χ1v) is 6.25. The van der Waals surface area contributed by atoms with Crippen LogP contribution in [0.15, 0.2) is 32.5 Å². The Morgan fingerprint density at radius 1 is 1.47 bits per heavy atom. The summed E-state index contributed by atoms with van der Waals surface area (Å²) in [7, 11) is 0. The molecular formula is C12H8N2O4S. The number of aryl methyl sites for hydroxylation is 1. The molecule has 0 spiro atoms. The standard InChI is InChI=1S/C12H8N2O4S/c1-6-5-7(18-14-6)10-9(12(15)16)13-11(17-10)8-3-2-4-19-8/h2-5H,1H3,(H,15,16).